The number of methoxy groups -OCH3 is 1. The van der Waals surface area contributed by atoms with Crippen molar-refractivity contribution in [3.63, 3.8) is 0 Å². The molecule has 2 heterocycles. The highest BCUT2D eigenvalue weighted by atomic mass is 32.1. The first-order valence-corrected chi connectivity index (χ1v) is 7.99. The molecule has 3 aromatic rings. The molecule has 0 fully saturated rings. The Hall–Kier alpha value is -2.74. The smallest absolute Gasteiger partial charge is 0.337 e. The van der Waals surface area contributed by atoms with Gasteiger partial charge < -0.3 is 9.30 Å². The molecule has 0 atom stereocenters. The second kappa shape index (κ2) is 6.04. The van der Waals surface area contributed by atoms with E-state index < -0.39 is 5.97 Å². The monoisotopic (exact) mass is 344 g/mol. The van der Waals surface area contributed by atoms with Gasteiger partial charge in [-0.15, -0.1) is 0 Å². The van der Waals surface area contributed by atoms with Crippen LogP contribution in [0.3, 0.4) is 0 Å². The van der Waals surface area contributed by atoms with Gasteiger partial charge in [0.1, 0.15) is 5.69 Å². The van der Waals surface area contributed by atoms with E-state index in [9.17, 15) is 9.59 Å². The summed E-state index contributed by atoms with van der Waals surface area (Å²) in [4.78, 5) is 28.9. The molecule has 0 saturated heterocycles. The van der Waals surface area contributed by atoms with Crippen LogP contribution in [0, 0.1) is 6.92 Å². The molecule has 0 N–H and O–H groups in total. The lowest BCUT2D eigenvalue weighted by Gasteiger charge is -2.00. The average Bonchev–Trinajstić information content (AvgIpc) is 3.06. The Kier molecular flexibility index (Phi) is 4.06. The van der Waals surface area contributed by atoms with Crippen molar-refractivity contribution in [2.75, 3.05) is 7.11 Å². The van der Waals surface area contributed by atoms with E-state index in [2.05, 4.69) is 10.1 Å². The topological polar surface area (TPSA) is 78.5 Å². The maximum Gasteiger partial charge on any atom is 0.337 e. The molecule has 0 aliphatic carbocycles. The summed E-state index contributed by atoms with van der Waals surface area (Å²) in [6, 6.07) is 5.25. The minimum absolute atomic E-state index is 0.345. The summed E-state index contributed by atoms with van der Waals surface area (Å²) in [5, 5.41) is 4.07. The van der Waals surface area contributed by atoms with Crippen molar-refractivity contribution in [2.45, 2.75) is 6.92 Å². The Morgan fingerprint density at radius 1 is 1.29 bits per heavy atom. The number of aromatic nitrogens is 3. The van der Waals surface area contributed by atoms with Gasteiger partial charge in [-0.05, 0) is 25.1 Å². The zero-order chi connectivity index (χ0) is 17.4. The number of carbonyl (C=O) groups is 2. The Bertz CT molecular complexity index is 1010. The number of hydrogen-bond acceptors (Lipinski definition) is 5. The quantitative estimate of drug-likeness (QED) is 0.664. The molecule has 0 radical (unpaired) electrons. The molecular weight excluding hydrogens is 328 g/mol. The van der Waals surface area contributed by atoms with E-state index >= 15 is 0 Å². The van der Waals surface area contributed by atoms with Crippen LogP contribution in [-0.4, -0.2) is 33.3 Å². The van der Waals surface area contributed by atoms with Crippen LogP contribution < -0.4 is 4.80 Å². The van der Waals surface area contributed by atoms with Gasteiger partial charge in [0.25, 0.3) is 5.91 Å². The molecule has 0 aliphatic heterocycles. The van der Waals surface area contributed by atoms with E-state index in [-0.39, 0.29) is 5.91 Å². The highest BCUT2D eigenvalue weighted by Crippen LogP contribution is 2.19. The fraction of sp³-hybridized carbons (Fsp3) is 0.250. The van der Waals surface area contributed by atoms with Crippen molar-refractivity contribution in [3.8, 4) is 0 Å². The van der Waals surface area contributed by atoms with E-state index in [0.29, 0.717) is 16.1 Å². The van der Waals surface area contributed by atoms with Gasteiger partial charge in [0.15, 0.2) is 4.80 Å². The summed E-state index contributed by atoms with van der Waals surface area (Å²) in [7, 11) is 4.89. The van der Waals surface area contributed by atoms with E-state index in [0.717, 1.165) is 15.8 Å². The number of thiazole rings is 1. The first-order valence-electron chi connectivity index (χ1n) is 7.18. The van der Waals surface area contributed by atoms with Gasteiger partial charge in [-0.3, -0.25) is 9.48 Å². The van der Waals surface area contributed by atoms with Crippen LogP contribution in [0.4, 0.5) is 0 Å². The maximum absolute atomic E-state index is 12.5. The predicted molar refractivity (Wildman–Crippen MR) is 90.0 cm³/mol. The molecule has 1 amide bonds. The van der Waals surface area contributed by atoms with Crippen LogP contribution in [0.25, 0.3) is 10.2 Å². The Morgan fingerprint density at radius 3 is 2.67 bits per heavy atom. The predicted octanol–water partition coefficient (Wildman–Crippen LogP) is 1.81. The number of hydrogen-bond donors (Lipinski definition) is 0. The second-order valence-corrected chi connectivity index (χ2v) is 6.34. The summed E-state index contributed by atoms with van der Waals surface area (Å²) in [6.07, 6.45) is 1.64. The van der Waals surface area contributed by atoms with Crippen LogP contribution in [0.15, 0.2) is 29.4 Å². The molecule has 3 rings (SSSR count). The minimum Gasteiger partial charge on any atom is -0.465 e. The van der Waals surface area contributed by atoms with Gasteiger partial charge in [0.2, 0.25) is 0 Å². The molecule has 7 nitrogen and oxygen atoms in total. The summed E-state index contributed by atoms with van der Waals surface area (Å²) < 4.78 is 8.93. The lowest BCUT2D eigenvalue weighted by atomic mass is 10.2. The highest BCUT2D eigenvalue weighted by molar-refractivity contribution is 7.16. The van der Waals surface area contributed by atoms with Gasteiger partial charge >= 0.3 is 5.97 Å². The molecule has 8 heteroatoms. The highest BCUT2D eigenvalue weighted by Gasteiger charge is 2.15. The maximum atomic E-state index is 12.5. The van der Waals surface area contributed by atoms with Gasteiger partial charge in [0, 0.05) is 19.7 Å². The Morgan fingerprint density at radius 2 is 2.04 bits per heavy atom. The Labute approximate surface area is 141 Å². The number of aryl methyl sites for hydroxylation is 3. The fourth-order valence-electron chi connectivity index (χ4n) is 2.48. The zero-order valence-electron chi connectivity index (χ0n) is 13.7. The van der Waals surface area contributed by atoms with Crippen molar-refractivity contribution in [2.24, 2.45) is 19.1 Å². The van der Waals surface area contributed by atoms with Gasteiger partial charge in [0.05, 0.1) is 29.1 Å². The minimum atomic E-state index is -0.395. The third kappa shape index (κ3) is 2.65. The van der Waals surface area contributed by atoms with Gasteiger partial charge in [-0.25, -0.2) is 4.79 Å². The lowest BCUT2D eigenvalue weighted by Crippen LogP contribution is -2.15. The molecular formula is C16H16N4O3S. The molecule has 0 spiro atoms. The molecule has 0 aliphatic rings. The number of ether oxygens (including phenoxy) is 1. The van der Waals surface area contributed by atoms with E-state index in [1.807, 2.05) is 24.6 Å². The number of nitrogens with zero attached hydrogens (tertiary/aromatic N) is 4. The van der Waals surface area contributed by atoms with Crippen LogP contribution in [-0.2, 0) is 18.8 Å². The van der Waals surface area contributed by atoms with Crippen LogP contribution in [0.5, 0.6) is 0 Å². The van der Waals surface area contributed by atoms with Crippen LogP contribution >= 0.6 is 11.3 Å². The second-order valence-electron chi connectivity index (χ2n) is 5.33. The molecule has 1 aromatic carbocycles. The lowest BCUT2D eigenvalue weighted by molar-refractivity contribution is 0.0601. The van der Waals surface area contributed by atoms with E-state index in [1.54, 1.807) is 25.4 Å². The van der Waals surface area contributed by atoms with Crippen molar-refractivity contribution in [3.05, 3.63) is 46.0 Å². The molecule has 0 bridgehead atoms. The largest absolute Gasteiger partial charge is 0.465 e. The SMILES string of the molecule is COC(=O)c1ccc2c(c1)sc(=NC(=O)c1c(C)cnn1C)n2C. The Balaban J connectivity index is 2.11. The fourth-order valence-corrected chi connectivity index (χ4v) is 3.54. The van der Waals surface area contributed by atoms with E-state index in [4.69, 9.17) is 4.74 Å². The first kappa shape index (κ1) is 16.1. The van der Waals surface area contributed by atoms with Crippen LogP contribution in [0.1, 0.15) is 26.4 Å². The van der Waals surface area contributed by atoms with Crippen molar-refractivity contribution >= 4 is 33.4 Å². The van der Waals surface area contributed by atoms with E-state index in [1.165, 1.54) is 23.1 Å². The number of esters is 1. The number of benzene rings is 1. The summed E-state index contributed by atoms with van der Waals surface area (Å²) in [5.41, 5.74) is 2.60. The number of rotatable bonds is 2. The van der Waals surface area contributed by atoms with Crippen LogP contribution in [0.2, 0.25) is 0 Å². The molecule has 124 valence electrons. The molecule has 0 unspecified atom stereocenters. The van der Waals surface area contributed by atoms with Crippen molar-refractivity contribution in [1.29, 1.82) is 0 Å². The number of fused-ring (bicyclic) bond motifs is 1. The van der Waals surface area contributed by atoms with Gasteiger partial charge in [-0.1, -0.05) is 11.3 Å². The summed E-state index contributed by atoms with van der Waals surface area (Å²) in [5.74, 6) is -0.740. The zero-order valence-corrected chi connectivity index (χ0v) is 14.5. The number of amides is 1. The molecule has 0 saturated carbocycles. The third-order valence-corrected chi connectivity index (χ3v) is 4.85. The standard InChI is InChI=1S/C16H16N4O3S/c1-9-8-17-20(3)13(9)14(21)18-16-19(2)11-6-5-10(15(22)23-4)7-12(11)24-16/h5-8H,1-4H3. The van der Waals surface area contributed by atoms with Crippen molar-refractivity contribution in [1.82, 2.24) is 14.3 Å². The van der Waals surface area contributed by atoms with Gasteiger partial charge in [-0.2, -0.15) is 10.1 Å². The first-order chi connectivity index (χ1) is 11.4. The normalized spacial score (nSPS) is 11.9. The van der Waals surface area contributed by atoms with Crippen molar-refractivity contribution < 1.29 is 14.3 Å². The average molecular weight is 344 g/mol. The third-order valence-electron chi connectivity index (χ3n) is 3.75. The summed E-state index contributed by atoms with van der Waals surface area (Å²) in [6.45, 7) is 1.82. The molecule has 2 aromatic heterocycles. The summed E-state index contributed by atoms with van der Waals surface area (Å²) >= 11 is 1.34. The number of carbonyl (C=O) groups excluding carboxylic acids is 2. The molecule has 24 heavy (non-hydrogen) atoms.